The van der Waals surface area contributed by atoms with Gasteiger partial charge in [-0.15, -0.1) is 0 Å². The van der Waals surface area contributed by atoms with Crippen LogP contribution in [-0.4, -0.2) is 13.7 Å². The molecule has 2 heterocycles. The Labute approximate surface area is 311 Å². The van der Waals surface area contributed by atoms with Crippen LogP contribution in [0, 0.1) is 0 Å². The molecule has 53 heavy (non-hydrogen) atoms. The molecule has 3 nitrogen and oxygen atoms in total. The van der Waals surface area contributed by atoms with E-state index >= 15 is 0 Å². The van der Waals surface area contributed by atoms with Crippen molar-refractivity contribution in [2.45, 2.75) is 0 Å². The molecular weight excluding hydrogens is 643 g/mol. The Balaban J connectivity index is 1.31. The van der Waals surface area contributed by atoms with Gasteiger partial charge in [0, 0.05) is 49.9 Å². The van der Waals surface area contributed by atoms with Gasteiger partial charge in [-0.1, -0.05) is 103 Å². The van der Waals surface area contributed by atoms with Crippen LogP contribution in [0.25, 0.3) is 93.3 Å². The molecule has 0 aliphatic heterocycles. The Morgan fingerprint density at radius 2 is 0.830 bits per heavy atom. The van der Waals surface area contributed by atoms with E-state index in [0.717, 1.165) is 82.3 Å². The van der Waals surface area contributed by atoms with Crippen LogP contribution in [-0.2, 0) is 0 Å². The van der Waals surface area contributed by atoms with E-state index in [1.807, 2.05) is 47.0 Å². The SMILES string of the molecule is [2H]c1c([2H])c([2H])c2c(c1[2H])c1cc(-n3c4cccc(c4)c4cccc(c4)n(-c4ccccc4)c4ccc5ccc6ccc3cc6c5c4)ccc1n2-c1ccccc1. The molecule has 3 heteroatoms. The number of hydrogen-bond acceptors (Lipinski definition) is 0. The molecule has 0 atom stereocenters. The van der Waals surface area contributed by atoms with E-state index in [1.54, 1.807) is 0 Å². The first-order valence-electron chi connectivity index (χ1n) is 19.9. The predicted molar refractivity (Wildman–Crippen MR) is 225 cm³/mol. The maximum absolute atomic E-state index is 9.15. The lowest BCUT2D eigenvalue weighted by Crippen LogP contribution is -1.98. The summed E-state index contributed by atoms with van der Waals surface area (Å²) in [5, 5.41) is 7.95. The summed E-state index contributed by atoms with van der Waals surface area (Å²) in [5.41, 5.74) is 8.10. The fourth-order valence-corrected chi connectivity index (χ4v) is 8.12. The van der Waals surface area contributed by atoms with Gasteiger partial charge in [-0.3, -0.25) is 0 Å². The fourth-order valence-electron chi connectivity index (χ4n) is 8.12. The van der Waals surface area contributed by atoms with Gasteiger partial charge in [0.1, 0.15) is 0 Å². The van der Waals surface area contributed by atoms with E-state index in [1.165, 1.54) is 0 Å². The van der Waals surface area contributed by atoms with Crippen LogP contribution < -0.4 is 0 Å². The smallest absolute Gasteiger partial charge is 0.0645 e. The van der Waals surface area contributed by atoms with E-state index in [0.29, 0.717) is 10.9 Å². The zero-order chi connectivity index (χ0) is 38.4. The van der Waals surface area contributed by atoms with Crippen molar-refractivity contribution in [2.24, 2.45) is 0 Å². The molecule has 248 valence electrons. The van der Waals surface area contributed by atoms with Crippen LogP contribution in [0.4, 0.5) is 0 Å². The molecule has 0 aliphatic carbocycles. The maximum atomic E-state index is 9.15. The topological polar surface area (TPSA) is 14.8 Å². The first-order valence-corrected chi connectivity index (χ1v) is 17.9. The van der Waals surface area contributed by atoms with Crippen LogP contribution in [0.2, 0.25) is 0 Å². The molecule has 11 rings (SSSR count). The zero-order valence-electron chi connectivity index (χ0n) is 32.6. The molecule has 0 fully saturated rings. The number of fused-ring (bicyclic) bond motifs is 10. The third-order valence-corrected chi connectivity index (χ3v) is 10.5. The van der Waals surface area contributed by atoms with Crippen molar-refractivity contribution < 1.29 is 5.48 Å². The minimum atomic E-state index is -0.248. The van der Waals surface area contributed by atoms with E-state index in [4.69, 9.17) is 5.48 Å². The summed E-state index contributed by atoms with van der Waals surface area (Å²) in [6.07, 6.45) is 0. The van der Waals surface area contributed by atoms with Gasteiger partial charge in [0.15, 0.2) is 0 Å². The highest BCUT2D eigenvalue weighted by atomic mass is 15.0. The molecule has 0 radical (unpaired) electrons. The predicted octanol–water partition coefficient (Wildman–Crippen LogP) is 13.3. The summed E-state index contributed by atoms with van der Waals surface area (Å²) < 4.78 is 42.0. The molecule has 0 unspecified atom stereocenters. The highest BCUT2D eigenvalue weighted by Crippen LogP contribution is 2.35. The molecular formula is C50H33N3. The van der Waals surface area contributed by atoms with Crippen molar-refractivity contribution >= 4 is 76.2 Å². The molecule has 0 N–H and O–H groups in total. The molecule has 0 amide bonds. The Kier molecular flexibility index (Phi) is 5.71. The number of nitrogens with zero attached hydrogens (tertiary/aromatic N) is 3. The molecule has 9 aromatic carbocycles. The minimum absolute atomic E-state index is 0.0526. The van der Waals surface area contributed by atoms with Gasteiger partial charge in [-0.25, -0.2) is 0 Å². The second-order valence-corrected chi connectivity index (χ2v) is 13.6. The second kappa shape index (κ2) is 11.7. The third kappa shape index (κ3) is 4.75. The lowest BCUT2D eigenvalue weighted by Gasteiger charge is -2.15. The normalized spacial score (nSPS) is 12.8. The first-order chi connectivity index (χ1) is 27.9. The number of aromatic nitrogens is 3. The van der Waals surface area contributed by atoms with Crippen molar-refractivity contribution in [3.63, 3.8) is 0 Å². The van der Waals surface area contributed by atoms with Crippen LogP contribution in [0.3, 0.4) is 0 Å². The van der Waals surface area contributed by atoms with Gasteiger partial charge in [0.2, 0.25) is 0 Å². The molecule has 0 spiro atoms. The largest absolute Gasteiger partial charge is 0.310 e. The van der Waals surface area contributed by atoms with E-state index in [2.05, 4.69) is 143 Å². The van der Waals surface area contributed by atoms with Gasteiger partial charge < -0.3 is 13.7 Å². The zero-order valence-corrected chi connectivity index (χ0v) is 28.6. The highest BCUT2D eigenvalue weighted by molar-refractivity contribution is 6.11. The summed E-state index contributed by atoms with van der Waals surface area (Å²) >= 11 is 0. The van der Waals surface area contributed by atoms with E-state index in [9.17, 15) is 0 Å². The molecule has 2 aromatic heterocycles. The Morgan fingerprint density at radius 1 is 0.302 bits per heavy atom. The van der Waals surface area contributed by atoms with Crippen molar-refractivity contribution in [3.8, 4) is 17.1 Å². The van der Waals surface area contributed by atoms with Crippen LogP contribution in [0.5, 0.6) is 0 Å². The second-order valence-electron chi connectivity index (χ2n) is 13.6. The number of para-hydroxylation sites is 3. The summed E-state index contributed by atoms with van der Waals surface area (Å²) in [5.74, 6) is 0. The maximum Gasteiger partial charge on any atom is 0.0645 e. The fraction of sp³-hybridized carbons (Fsp3) is 0. The monoisotopic (exact) mass is 679 g/mol. The van der Waals surface area contributed by atoms with Crippen molar-refractivity contribution in [3.05, 3.63) is 200 Å². The first kappa shape index (κ1) is 25.8. The number of benzene rings is 9. The van der Waals surface area contributed by atoms with Gasteiger partial charge in [-0.05, 0) is 129 Å². The van der Waals surface area contributed by atoms with E-state index < -0.39 is 0 Å². The summed E-state index contributed by atoms with van der Waals surface area (Å²) in [7, 11) is 0. The van der Waals surface area contributed by atoms with Gasteiger partial charge in [0.25, 0.3) is 0 Å². The van der Waals surface area contributed by atoms with Gasteiger partial charge in [0.05, 0.1) is 16.5 Å². The van der Waals surface area contributed by atoms with Crippen LogP contribution in [0.15, 0.2) is 200 Å². The number of rotatable bonds is 3. The summed E-state index contributed by atoms with van der Waals surface area (Å²) in [6.45, 7) is 0. The Bertz CT molecular complexity index is 3510. The average Bonchev–Trinajstić information content (AvgIpc) is 3.60. The summed E-state index contributed by atoms with van der Waals surface area (Å²) in [4.78, 5) is 0. The molecule has 0 saturated heterocycles. The number of hydrogen-bond donors (Lipinski definition) is 0. The minimum Gasteiger partial charge on any atom is -0.310 e. The van der Waals surface area contributed by atoms with Crippen molar-refractivity contribution in [2.75, 3.05) is 0 Å². The van der Waals surface area contributed by atoms with E-state index in [-0.39, 0.29) is 24.2 Å². The standard InChI is InChI=1S/C50H33N3/c1-3-13-38(14-4-1)51-40-17-9-11-36(29-40)37-12-10-18-41(30-37)52(43-26-24-35-22-21-34-23-25-42(51)31-46(34)47(35)32-43)44-27-28-50-48(33-44)45-19-7-8-20-49(45)53(50)39-15-5-2-6-16-39/h1-33H/i7D,8D,19D,20D. The summed E-state index contributed by atoms with van der Waals surface area (Å²) in [6, 6.07) is 60.9. The average molecular weight is 680 g/mol. The van der Waals surface area contributed by atoms with Gasteiger partial charge in [-0.2, -0.15) is 0 Å². The van der Waals surface area contributed by atoms with Crippen LogP contribution in [0.1, 0.15) is 5.48 Å². The lowest BCUT2D eigenvalue weighted by molar-refractivity contribution is 1.15. The third-order valence-electron chi connectivity index (χ3n) is 10.5. The van der Waals surface area contributed by atoms with Gasteiger partial charge >= 0.3 is 0 Å². The Morgan fingerprint density at radius 3 is 1.45 bits per heavy atom. The Hall–Kier alpha value is -7.10. The lowest BCUT2D eigenvalue weighted by atomic mass is 10.0. The quantitative estimate of drug-likeness (QED) is 0.165. The molecule has 11 aromatic rings. The molecule has 8 bridgehead atoms. The highest BCUT2D eigenvalue weighted by Gasteiger charge is 2.14. The molecule has 0 saturated carbocycles. The van der Waals surface area contributed by atoms with Crippen LogP contribution >= 0.6 is 0 Å². The molecule has 0 aliphatic rings. The van der Waals surface area contributed by atoms with Crippen molar-refractivity contribution in [1.29, 1.82) is 0 Å². The van der Waals surface area contributed by atoms with Crippen molar-refractivity contribution in [1.82, 2.24) is 13.7 Å².